The lowest BCUT2D eigenvalue weighted by atomic mass is 10.3. The van der Waals surface area contributed by atoms with Crippen LogP contribution in [0.15, 0.2) is 30.4 Å². The van der Waals surface area contributed by atoms with Crippen molar-refractivity contribution in [3.8, 4) is 0 Å². The number of anilines is 1. The Morgan fingerprint density at radius 1 is 1.21 bits per heavy atom. The van der Waals surface area contributed by atoms with Gasteiger partial charge in [0.05, 0.1) is 15.7 Å². The van der Waals surface area contributed by atoms with Gasteiger partial charge in [-0.1, -0.05) is 41.4 Å². The average molecular weight is 251 g/mol. The van der Waals surface area contributed by atoms with Crippen LogP contribution in [0.3, 0.4) is 0 Å². The lowest BCUT2D eigenvalue weighted by Crippen LogP contribution is -1.98. The highest BCUT2D eigenvalue weighted by molar-refractivity contribution is 6.43. The van der Waals surface area contributed by atoms with Gasteiger partial charge in [-0.2, -0.15) is 0 Å². The van der Waals surface area contributed by atoms with Gasteiger partial charge in [-0.25, -0.2) is 0 Å². The van der Waals surface area contributed by atoms with Gasteiger partial charge in [-0.3, -0.25) is 0 Å². The fourth-order valence-electron chi connectivity index (χ4n) is 0.956. The normalized spacial score (nSPS) is 10.8. The Balaban J connectivity index is 2.59. The molecule has 0 saturated carbocycles. The Hall–Kier alpha value is -0.370. The molecule has 1 rings (SSSR count). The summed E-state index contributed by atoms with van der Waals surface area (Å²) in [5.74, 6) is 0.519. The summed E-state index contributed by atoms with van der Waals surface area (Å²) in [5, 5.41) is 4.23. The van der Waals surface area contributed by atoms with Gasteiger partial charge >= 0.3 is 0 Å². The van der Waals surface area contributed by atoms with Crippen molar-refractivity contribution in [3.63, 3.8) is 0 Å². The number of halogens is 3. The van der Waals surface area contributed by atoms with E-state index in [4.69, 9.17) is 34.8 Å². The fourth-order valence-corrected chi connectivity index (χ4v) is 1.45. The van der Waals surface area contributed by atoms with E-state index in [-0.39, 0.29) is 0 Å². The van der Waals surface area contributed by atoms with E-state index in [1.165, 1.54) is 0 Å². The number of benzene rings is 1. The van der Waals surface area contributed by atoms with Crippen LogP contribution in [-0.2, 0) is 0 Å². The number of hydrogen-bond acceptors (Lipinski definition) is 1. The van der Waals surface area contributed by atoms with E-state index in [0.29, 0.717) is 22.5 Å². The van der Waals surface area contributed by atoms with Gasteiger partial charge in [0.1, 0.15) is 0 Å². The molecule has 0 amide bonds. The molecule has 0 radical (unpaired) electrons. The number of hydrogen-bond donors (Lipinski definition) is 1. The lowest BCUT2D eigenvalue weighted by Gasteiger charge is -2.06. The first-order valence-corrected chi connectivity index (χ1v) is 5.43. The molecule has 76 valence electrons. The van der Waals surface area contributed by atoms with Crippen LogP contribution in [0.2, 0.25) is 10.0 Å². The standard InChI is InChI=1S/C10H10Cl3N/c11-6-1-2-7-14-9-5-3-4-8(12)10(9)13/h1-5,14H,6-7H2/b2-1+. The molecule has 0 spiro atoms. The minimum Gasteiger partial charge on any atom is -0.380 e. The number of nitrogens with one attached hydrogen (secondary N) is 1. The molecule has 0 saturated heterocycles. The molecule has 0 fully saturated rings. The Morgan fingerprint density at radius 2 is 2.00 bits per heavy atom. The molecule has 14 heavy (non-hydrogen) atoms. The minimum atomic E-state index is 0.519. The van der Waals surface area contributed by atoms with Gasteiger partial charge in [0.15, 0.2) is 0 Å². The number of alkyl halides is 1. The summed E-state index contributed by atoms with van der Waals surface area (Å²) in [7, 11) is 0. The van der Waals surface area contributed by atoms with Crippen molar-refractivity contribution in [3.05, 3.63) is 40.4 Å². The highest BCUT2D eigenvalue weighted by Crippen LogP contribution is 2.29. The van der Waals surface area contributed by atoms with E-state index in [9.17, 15) is 0 Å². The summed E-state index contributed by atoms with van der Waals surface area (Å²) < 4.78 is 0. The van der Waals surface area contributed by atoms with Gasteiger partial charge < -0.3 is 5.32 Å². The minimum absolute atomic E-state index is 0.519. The molecule has 0 aliphatic heterocycles. The summed E-state index contributed by atoms with van der Waals surface area (Å²) in [4.78, 5) is 0. The molecule has 1 nitrogen and oxygen atoms in total. The highest BCUT2D eigenvalue weighted by atomic mass is 35.5. The first kappa shape index (κ1) is 11.7. The zero-order valence-corrected chi connectivity index (χ0v) is 9.70. The quantitative estimate of drug-likeness (QED) is 0.624. The Morgan fingerprint density at radius 3 is 2.71 bits per heavy atom. The highest BCUT2D eigenvalue weighted by Gasteiger charge is 2.01. The second kappa shape index (κ2) is 6.18. The summed E-state index contributed by atoms with van der Waals surface area (Å²) in [6.07, 6.45) is 3.80. The molecule has 1 aromatic carbocycles. The molecule has 0 heterocycles. The third kappa shape index (κ3) is 3.41. The number of rotatable bonds is 4. The second-order valence-electron chi connectivity index (χ2n) is 2.61. The zero-order chi connectivity index (χ0) is 10.4. The van der Waals surface area contributed by atoms with Crippen LogP contribution in [0.5, 0.6) is 0 Å². The van der Waals surface area contributed by atoms with Crippen molar-refractivity contribution in [2.45, 2.75) is 0 Å². The maximum Gasteiger partial charge on any atom is 0.0823 e. The first-order chi connectivity index (χ1) is 6.75. The van der Waals surface area contributed by atoms with E-state index >= 15 is 0 Å². The van der Waals surface area contributed by atoms with E-state index in [0.717, 1.165) is 5.69 Å². The van der Waals surface area contributed by atoms with E-state index in [2.05, 4.69) is 5.32 Å². The van der Waals surface area contributed by atoms with Crippen LogP contribution in [0.25, 0.3) is 0 Å². The number of allylic oxidation sites excluding steroid dienone is 1. The Bertz CT molecular complexity index is 323. The predicted molar refractivity (Wildman–Crippen MR) is 64.8 cm³/mol. The van der Waals surface area contributed by atoms with Crippen LogP contribution >= 0.6 is 34.8 Å². The van der Waals surface area contributed by atoms with Crippen molar-refractivity contribution in [2.75, 3.05) is 17.7 Å². The summed E-state index contributed by atoms with van der Waals surface area (Å²) in [5.41, 5.74) is 0.832. The van der Waals surface area contributed by atoms with Crippen molar-refractivity contribution in [1.29, 1.82) is 0 Å². The molecule has 0 aromatic heterocycles. The summed E-state index contributed by atoms with van der Waals surface area (Å²) >= 11 is 17.3. The topological polar surface area (TPSA) is 12.0 Å². The molecule has 0 bridgehead atoms. The van der Waals surface area contributed by atoms with Crippen LogP contribution in [0.4, 0.5) is 5.69 Å². The molecule has 1 N–H and O–H groups in total. The molecule has 0 atom stereocenters. The molecule has 0 aliphatic carbocycles. The van der Waals surface area contributed by atoms with Crippen LogP contribution < -0.4 is 5.32 Å². The van der Waals surface area contributed by atoms with Gasteiger partial charge in [0.25, 0.3) is 0 Å². The summed E-state index contributed by atoms with van der Waals surface area (Å²) in [6, 6.07) is 5.48. The van der Waals surface area contributed by atoms with E-state index in [1.54, 1.807) is 6.07 Å². The smallest absolute Gasteiger partial charge is 0.0823 e. The first-order valence-electron chi connectivity index (χ1n) is 4.14. The van der Waals surface area contributed by atoms with Crippen LogP contribution in [0.1, 0.15) is 0 Å². The lowest BCUT2D eigenvalue weighted by molar-refractivity contribution is 1.33. The average Bonchev–Trinajstić information content (AvgIpc) is 2.19. The molecule has 4 heteroatoms. The van der Waals surface area contributed by atoms with Gasteiger partial charge in [-0.05, 0) is 12.1 Å². The van der Waals surface area contributed by atoms with Crippen molar-refractivity contribution in [2.24, 2.45) is 0 Å². The van der Waals surface area contributed by atoms with Crippen molar-refractivity contribution < 1.29 is 0 Å². The third-order valence-corrected chi connectivity index (χ3v) is 2.61. The van der Waals surface area contributed by atoms with Gasteiger partial charge in [0, 0.05) is 12.4 Å². The molecular formula is C10H10Cl3N. The fraction of sp³-hybridized carbons (Fsp3) is 0.200. The van der Waals surface area contributed by atoms with Gasteiger partial charge in [-0.15, -0.1) is 11.6 Å². The molecule has 1 aromatic rings. The van der Waals surface area contributed by atoms with E-state index in [1.807, 2.05) is 24.3 Å². The van der Waals surface area contributed by atoms with Crippen molar-refractivity contribution in [1.82, 2.24) is 0 Å². The molecule has 0 aliphatic rings. The zero-order valence-electron chi connectivity index (χ0n) is 7.43. The Labute approximate surface area is 98.7 Å². The third-order valence-electron chi connectivity index (χ3n) is 1.62. The molecule has 0 unspecified atom stereocenters. The Kier molecular flexibility index (Phi) is 5.16. The monoisotopic (exact) mass is 249 g/mol. The summed E-state index contributed by atoms with van der Waals surface area (Å²) in [6.45, 7) is 0.687. The SMILES string of the molecule is ClC/C=C/CNc1cccc(Cl)c1Cl. The van der Waals surface area contributed by atoms with E-state index < -0.39 is 0 Å². The maximum absolute atomic E-state index is 5.96. The maximum atomic E-state index is 5.96. The predicted octanol–water partition coefficient (Wildman–Crippen LogP) is 4.20. The second-order valence-corrected chi connectivity index (χ2v) is 3.70. The van der Waals surface area contributed by atoms with Crippen molar-refractivity contribution >= 4 is 40.5 Å². The van der Waals surface area contributed by atoms with Gasteiger partial charge in [0.2, 0.25) is 0 Å². The van der Waals surface area contributed by atoms with Crippen LogP contribution in [-0.4, -0.2) is 12.4 Å². The largest absolute Gasteiger partial charge is 0.380 e. The molecular weight excluding hydrogens is 240 g/mol. The van der Waals surface area contributed by atoms with Crippen LogP contribution in [0, 0.1) is 0 Å².